The minimum atomic E-state index is 0.207. The van der Waals surface area contributed by atoms with Gasteiger partial charge in [0.25, 0.3) is 0 Å². The Hall–Kier alpha value is -2.08. The molecule has 2 N–H and O–H groups in total. The summed E-state index contributed by atoms with van der Waals surface area (Å²) in [5, 5.41) is 3.87. The van der Waals surface area contributed by atoms with Crippen molar-refractivity contribution in [3.63, 3.8) is 0 Å². The Labute approximate surface area is 105 Å². The molecule has 2 aromatic rings. The lowest BCUT2D eigenvalue weighted by Gasteiger charge is -2.10. The lowest BCUT2D eigenvalue weighted by molar-refractivity contribution is 0.379. The van der Waals surface area contributed by atoms with Crippen LogP contribution in [0.4, 0.5) is 0 Å². The van der Waals surface area contributed by atoms with Gasteiger partial charge in [0, 0.05) is 0 Å². The number of ether oxygens (including phenoxy) is 2. The second-order valence-electron chi connectivity index (χ2n) is 3.74. The number of hydrogen-bond donors (Lipinski definition) is 1. The van der Waals surface area contributed by atoms with E-state index in [-0.39, 0.29) is 6.54 Å². The van der Waals surface area contributed by atoms with Gasteiger partial charge in [-0.1, -0.05) is 5.16 Å². The van der Waals surface area contributed by atoms with Crippen LogP contribution in [0.25, 0.3) is 11.4 Å². The Morgan fingerprint density at radius 2 is 1.94 bits per heavy atom. The van der Waals surface area contributed by atoms with Crippen molar-refractivity contribution in [3.05, 3.63) is 23.6 Å². The second kappa shape index (κ2) is 5.05. The number of benzene rings is 1. The molecule has 6 nitrogen and oxygen atoms in total. The van der Waals surface area contributed by atoms with E-state index in [2.05, 4.69) is 10.1 Å². The van der Waals surface area contributed by atoms with Gasteiger partial charge in [0.2, 0.25) is 11.7 Å². The number of rotatable bonds is 4. The van der Waals surface area contributed by atoms with Crippen LogP contribution in [0.15, 0.2) is 16.7 Å². The molecule has 18 heavy (non-hydrogen) atoms. The fraction of sp³-hybridized carbons (Fsp3) is 0.333. The largest absolute Gasteiger partial charge is 0.496 e. The van der Waals surface area contributed by atoms with Crippen LogP contribution in [0.5, 0.6) is 11.5 Å². The molecular formula is C12H15N3O3. The van der Waals surface area contributed by atoms with Crippen LogP contribution in [-0.4, -0.2) is 24.4 Å². The quantitative estimate of drug-likeness (QED) is 0.884. The average molecular weight is 249 g/mol. The van der Waals surface area contributed by atoms with Gasteiger partial charge in [-0.2, -0.15) is 4.98 Å². The highest BCUT2D eigenvalue weighted by molar-refractivity contribution is 5.67. The summed E-state index contributed by atoms with van der Waals surface area (Å²) in [4.78, 5) is 4.17. The van der Waals surface area contributed by atoms with E-state index in [0.717, 1.165) is 11.3 Å². The number of hydrogen-bond acceptors (Lipinski definition) is 6. The SMILES string of the molecule is COc1cc(-c2noc(CN)n2)c(OC)cc1C. The van der Waals surface area contributed by atoms with Gasteiger partial charge < -0.3 is 19.7 Å². The first-order valence-corrected chi connectivity index (χ1v) is 5.45. The fourth-order valence-electron chi connectivity index (χ4n) is 1.67. The molecule has 0 atom stereocenters. The maximum atomic E-state index is 5.44. The molecule has 0 aliphatic heterocycles. The van der Waals surface area contributed by atoms with Gasteiger partial charge in [0.05, 0.1) is 26.3 Å². The van der Waals surface area contributed by atoms with Crippen LogP contribution < -0.4 is 15.2 Å². The van der Waals surface area contributed by atoms with Gasteiger partial charge in [0.1, 0.15) is 11.5 Å². The zero-order chi connectivity index (χ0) is 13.1. The van der Waals surface area contributed by atoms with E-state index >= 15 is 0 Å². The Balaban J connectivity index is 2.54. The van der Waals surface area contributed by atoms with Crippen molar-refractivity contribution in [2.24, 2.45) is 5.73 Å². The van der Waals surface area contributed by atoms with Crippen LogP contribution in [0.2, 0.25) is 0 Å². The van der Waals surface area contributed by atoms with Gasteiger partial charge in [0.15, 0.2) is 0 Å². The maximum absolute atomic E-state index is 5.44. The normalized spacial score (nSPS) is 10.4. The molecule has 1 heterocycles. The lowest BCUT2D eigenvalue weighted by atomic mass is 10.1. The van der Waals surface area contributed by atoms with Crippen LogP contribution in [-0.2, 0) is 6.54 Å². The molecule has 0 unspecified atom stereocenters. The third-order valence-electron chi connectivity index (χ3n) is 2.60. The van der Waals surface area contributed by atoms with E-state index in [1.54, 1.807) is 14.2 Å². The minimum Gasteiger partial charge on any atom is -0.496 e. The predicted octanol–water partition coefficient (Wildman–Crippen LogP) is 1.52. The molecule has 0 amide bonds. The topological polar surface area (TPSA) is 83.4 Å². The van der Waals surface area contributed by atoms with Crippen LogP contribution in [0.1, 0.15) is 11.5 Å². The smallest absolute Gasteiger partial charge is 0.240 e. The molecule has 0 saturated heterocycles. The van der Waals surface area contributed by atoms with Gasteiger partial charge in [-0.3, -0.25) is 0 Å². The number of nitrogens with two attached hydrogens (primary N) is 1. The molecule has 0 spiro atoms. The number of methoxy groups -OCH3 is 2. The molecule has 1 aromatic heterocycles. The third-order valence-corrected chi connectivity index (χ3v) is 2.60. The van der Waals surface area contributed by atoms with Gasteiger partial charge in [-0.15, -0.1) is 0 Å². The fourth-order valence-corrected chi connectivity index (χ4v) is 1.67. The first kappa shape index (κ1) is 12.4. The maximum Gasteiger partial charge on any atom is 0.240 e. The van der Waals surface area contributed by atoms with E-state index in [9.17, 15) is 0 Å². The molecule has 0 fully saturated rings. The van der Waals surface area contributed by atoms with Crippen molar-refractivity contribution < 1.29 is 14.0 Å². The van der Waals surface area contributed by atoms with Crippen LogP contribution in [0, 0.1) is 6.92 Å². The highest BCUT2D eigenvalue weighted by atomic mass is 16.5. The highest BCUT2D eigenvalue weighted by Crippen LogP contribution is 2.34. The summed E-state index contributed by atoms with van der Waals surface area (Å²) in [5.74, 6) is 2.22. The molecule has 0 radical (unpaired) electrons. The molecule has 2 rings (SSSR count). The zero-order valence-electron chi connectivity index (χ0n) is 10.6. The average Bonchev–Trinajstić information content (AvgIpc) is 2.87. The first-order chi connectivity index (χ1) is 8.69. The summed E-state index contributed by atoms with van der Waals surface area (Å²) in [5.41, 5.74) is 7.12. The van der Waals surface area contributed by atoms with Crippen molar-refractivity contribution in [1.82, 2.24) is 10.1 Å². The van der Waals surface area contributed by atoms with Crippen molar-refractivity contribution in [2.75, 3.05) is 14.2 Å². The van der Waals surface area contributed by atoms with E-state index in [1.807, 2.05) is 19.1 Å². The molecule has 96 valence electrons. The summed E-state index contributed by atoms with van der Waals surface area (Å²) in [6.07, 6.45) is 0. The Kier molecular flexibility index (Phi) is 3.47. The lowest BCUT2D eigenvalue weighted by Crippen LogP contribution is -1.97. The monoisotopic (exact) mass is 249 g/mol. The minimum absolute atomic E-state index is 0.207. The van der Waals surface area contributed by atoms with Crippen molar-refractivity contribution in [3.8, 4) is 22.9 Å². The van der Waals surface area contributed by atoms with Crippen LogP contribution >= 0.6 is 0 Å². The number of aromatic nitrogens is 2. The Morgan fingerprint density at radius 3 is 2.50 bits per heavy atom. The Morgan fingerprint density at radius 1 is 1.22 bits per heavy atom. The molecule has 0 saturated carbocycles. The molecule has 1 aromatic carbocycles. The van der Waals surface area contributed by atoms with E-state index in [0.29, 0.717) is 23.0 Å². The van der Waals surface area contributed by atoms with E-state index in [4.69, 9.17) is 19.7 Å². The number of aryl methyl sites for hydroxylation is 1. The first-order valence-electron chi connectivity index (χ1n) is 5.45. The second-order valence-corrected chi connectivity index (χ2v) is 3.74. The molecule has 6 heteroatoms. The summed E-state index contributed by atoms with van der Waals surface area (Å²) in [6.45, 7) is 2.14. The molecule has 0 bridgehead atoms. The van der Waals surface area contributed by atoms with Crippen molar-refractivity contribution in [1.29, 1.82) is 0 Å². The third kappa shape index (κ3) is 2.14. The summed E-state index contributed by atoms with van der Waals surface area (Å²) in [6, 6.07) is 3.69. The van der Waals surface area contributed by atoms with Crippen molar-refractivity contribution >= 4 is 0 Å². The standard InChI is InChI=1S/C12H15N3O3/c1-7-4-10(17-3)8(5-9(7)16-2)12-14-11(6-13)18-15-12/h4-5H,6,13H2,1-3H3. The van der Waals surface area contributed by atoms with Gasteiger partial charge in [-0.05, 0) is 24.6 Å². The van der Waals surface area contributed by atoms with Gasteiger partial charge in [-0.25, -0.2) is 0 Å². The summed E-state index contributed by atoms with van der Waals surface area (Å²) < 4.78 is 15.6. The molecule has 0 aliphatic carbocycles. The van der Waals surface area contributed by atoms with Gasteiger partial charge >= 0.3 is 0 Å². The van der Waals surface area contributed by atoms with Crippen LogP contribution in [0.3, 0.4) is 0 Å². The predicted molar refractivity (Wildman–Crippen MR) is 65.5 cm³/mol. The summed E-state index contributed by atoms with van der Waals surface area (Å²) >= 11 is 0. The Bertz CT molecular complexity index is 551. The van der Waals surface area contributed by atoms with E-state index < -0.39 is 0 Å². The molecular weight excluding hydrogens is 234 g/mol. The van der Waals surface area contributed by atoms with Crippen molar-refractivity contribution in [2.45, 2.75) is 13.5 Å². The van der Waals surface area contributed by atoms with E-state index in [1.165, 1.54) is 0 Å². The zero-order valence-corrected chi connectivity index (χ0v) is 10.6. The molecule has 0 aliphatic rings. The number of nitrogens with zero attached hydrogens (tertiary/aromatic N) is 2. The highest BCUT2D eigenvalue weighted by Gasteiger charge is 2.15. The summed E-state index contributed by atoms with van der Waals surface area (Å²) in [7, 11) is 3.20.